The summed E-state index contributed by atoms with van der Waals surface area (Å²) in [6, 6.07) is 1.84. The molecule has 1 atom stereocenters. The minimum atomic E-state index is -0.479. The Kier molecular flexibility index (Phi) is 2.96. The molecule has 1 amide bonds. The molecule has 100 valence electrons. The van der Waals surface area contributed by atoms with Gasteiger partial charge in [0.1, 0.15) is 11.4 Å². The smallest absolute Gasteiger partial charge is 0.410 e. The molecule has 0 bridgehead atoms. The summed E-state index contributed by atoms with van der Waals surface area (Å²) < 4.78 is 7.24. The molecule has 0 saturated carbocycles. The first-order valence-corrected chi connectivity index (χ1v) is 6.08. The Morgan fingerprint density at radius 3 is 2.83 bits per heavy atom. The van der Waals surface area contributed by atoms with Gasteiger partial charge in [0.15, 0.2) is 0 Å². The molecule has 6 nitrogen and oxygen atoms in total. The van der Waals surface area contributed by atoms with Crippen LogP contribution in [0.1, 0.15) is 33.4 Å². The summed E-state index contributed by atoms with van der Waals surface area (Å²) in [6.07, 6.45) is -0.291. The van der Waals surface area contributed by atoms with E-state index in [1.807, 2.05) is 32.4 Å². The SMILES string of the molecule is CC1Cn2nc(N)cc2CN1C(=O)OC(C)(C)C. The van der Waals surface area contributed by atoms with Crippen molar-refractivity contribution in [2.24, 2.45) is 0 Å². The molecule has 1 aromatic rings. The predicted molar refractivity (Wildman–Crippen MR) is 67.9 cm³/mol. The summed E-state index contributed by atoms with van der Waals surface area (Å²) in [6.45, 7) is 8.70. The summed E-state index contributed by atoms with van der Waals surface area (Å²) in [5, 5.41) is 4.19. The molecule has 2 rings (SSSR count). The van der Waals surface area contributed by atoms with E-state index in [1.54, 1.807) is 11.0 Å². The molecule has 1 aromatic heterocycles. The Morgan fingerprint density at radius 1 is 1.56 bits per heavy atom. The molecule has 1 aliphatic heterocycles. The minimum Gasteiger partial charge on any atom is -0.444 e. The number of nitrogen functional groups attached to an aromatic ring is 1. The molecule has 2 heterocycles. The zero-order valence-electron chi connectivity index (χ0n) is 11.3. The van der Waals surface area contributed by atoms with Gasteiger partial charge in [0, 0.05) is 6.07 Å². The van der Waals surface area contributed by atoms with Crippen LogP contribution in [0.2, 0.25) is 0 Å². The standard InChI is InChI=1S/C12H20N4O2/c1-8-6-16-9(5-10(13)14-16)7-15(8)11(17)18-12(2,3)4/h5,8H,6-7H2,1-4H3,(H2,13,14). The van der Waals surface area contributed by atoms with E-state index in [9.17, 15) is 4.79 Å². The monoisotopic (exact) mass is 252 g/mol. The quantitative estimate of drug-likeness (QED) is 0.761. The lowest BCUT2D eigenvalue weighted by Crippen LogP contribution is -2.46. The normalized spacial score (nSPS) is 19.6. The number of rotatable bonds is 0. The van der Waals surface area contributed by atoms with E-state index in [4.69, 9.17) is 10.5 Å². The second-order valence-corrected chi connectivity index (χ2v) is 5.70. The number of fused-ring (bicyclic) bond motifs is 1. The van der Waals surface area contributed by atoms with Gasteiger partial charge in [0.05, 0.1) is 24.8 Å². The number of nitrogens with two attached hydrogens (primary N) is 1. The number of nitrogens with zero attached hydrogens (tertiary/aromatic N) is 3. The van der Waals surface area contributed by atoms with Crippen molar-refractivity contribution >= 4 is 11.9 Å². The summed E-state index contributed by atoms with van der Waals surface area (Å²) in [5.41, 5.74) is 6.12. The van der Waals surface area contributed by atoms with Crippen LogP contribution >= 0.6 is 0 Å². The van der Waals surface area contributed by atoms with E-state index < -0.39 is 5.60 Å². The van der Waals surface area contributed by atoms with E-state index in [0.717, 1.165) is 5.69 Å². The maximum absolute atomic E-state index is 12.1. The van der Waals surface area contributed by atoms with E-state index in [2.05, 4.69) is 5.10 Å². The molecule has 1 unspecified atom stereocenters. The van der Waals surface area contributed by atoms with Gasteiger partial charge in [-0.15, -0.1) is 0 Å². The summed E-state index contributed by atoms with van der Waals surface area (Å²) in [4.78, 5) is 13.8. The van der Waals surface area contributed by atoms with E-state index in [1.165, 1.54) is 0 Å². The van der Waals surface area contributed by atoms with Crippen LogP contribution in [0, 0.1) is 0 Å². The number of carbonyl (C=O) groups is 1. The van der Waals surface area contributed by atoms with Crippen molar-refractivity contribution in [2.75, 3.05) is 5.73 Å². The molecule has 2 N–H and O–H groups in total. The fourth-order valence-electron chi connectivity index (χ4n) is 2.01. The Bertz CT molecular complexity index is 461. The molecule has 0 fully saturated rings. The molecule has 0 saturated heterocycles. The number of aromatic nitrogens is 2. The Labute approximate surface area is 107 Å². The van der Waals surface area contributed by atoms with Crippen LogP contribution in [0.25, 0.3) is 0 Å². The molecule has 1 aliphatic rings. The van der Waals surface area contributed by atoms with Gasteiger partial charge in [-0.05, 0) is 27.7 Å². The molecule has 0 aliphatic carbocycles. The topological polar surface area (TPSA) is 73.4 Å². The summed E-state index contributed by atoms with van der Waals surface area (Å²) in [5.74, 6) is 0.489. The number of amides is 1. The molecule has 0 radical (unpaired) electrons. The van der Waals surface area contributed by atoms with Gasteiger partial charge in [-0.1, -0.05) is 0 Å². The van der Waals surface area contributed by atoms with Gasteiger partial charge in [0.25, 0.3) is 0 Å². The minimum absolute atomic E-state index is 0.0478. The van der Waals surface area contributed by atoms with Gasteiger partial charge in [-0.2, -0.15) is 5.10 Å². The number of ether oxygens (including phenoxy) is 1. The first-order chi connectivity index (χ1) is 8.26. The lowest BCUT2D eigenvalue weighted by Gasteiger charge is -2.35. The Morgan fingerprint density at radius 2 is 2.22 bits per heavy atom. The van der Waals surface area contributed by atoms with Crippen molar-refractivity contribution in [1.29, 1.82) is 0 Å². The van der Waals surface area contributed by atoms with Crippen LogP contribution in [0.5, 0.6) is 0 Å². The molecule has 0 spiro atoms. The van der Waals surface area contributed by atoms with Crippen molar-refractivity contribution in [3.05, 3.63) is 11.8 Å². The molecular formula is C12H20N4O2. The van der Waals surface area contributed by atoms with Crippen LogP contribution in [-0.2, 0) is 17.8 Å². The van der Waals surface area contributed by atoms with Crippen molar-refractivity contribution < 1.29 is 9.53 Å². The second-order valence-electron chi connectivity index (χ2n) is 5.70. The van der Waals surface area contributed by atoms with Gasteiger partial charge in [-0.25, -0.2) is 4.79 Å². The van der Waals surface area contributed by atoms with Crippen LogP contribution in [0.4, 0.5) is 10.6 Å². The highest BCUT2D eigenvalue weighted by atomic mass is 16.6. The molecule has 6 heteroatoms. The fourth-order valence-corrected chi connectivity index (χ4v) is 2.01. The highest BCUT2D eigenvalue weighted by Crippen LogP contribution is 2.21. The number of anilines is 1. The van der Waals surface area contributed by atoms with Crippen LogP contribution in [0.3, 0.4) is 0 Å². The lowest BCUT2D eigenvalue weighted by molar-refractivity contribution is 0.00908. The van der Waals surface area contributed by atoms with E-state index >= 15 is 0 Å². The molecule has 0 aromatic carbocycles. The lowest BCUT2D eigenvalue weighted by atomic mass is 10.2. The first kappa shape index (κ1) is 12.7. The van der Waals surface area contributed by atoms with E-state index in [-0.39, 0.29) is 12.1 Å². The first-order valence-electron chi connectivity index (χ1n) is 6.08. The van der Waals surface area contributed by atoms with Gasteiger partial charge >= 0.3 is 6.09 Å². The van der Waals surface area contributed by atoms with Crippen LogP contribution in [-0.4, -0.2) is 32.4 Å². The van der Waals surface area contributed by atoms with Crippen molar-refractivity contribution in [3.63, 3.8) is 0 Å². The third-order valence-electron chi connectivity index (χ3n) is 2.81. The van der Waals surface area contributed by atoms with Gasteiger partial charge < -0.3 is 10.5 Å². The predicted octanol–water partition coefficient (Wildman–Crippen LogP) is 1.60. The number of hydrogen-bond acceptors (Lipinski definition) is 4. The zero-order valence-corrected chi connectivity index (χ0v) is 11.3. The van der Waals surface area contributed by atoms with Crippen molar-refractivity contribution in [2.45, 2.75) is 52.4 Å². The average molecular weight is 252 g/mol. The third kappa shape index (κ3) is 2.57. The van der Waals surface area contributed by atoms with Gasteiger partial charge in [0.2, 0.25) is 0 Å². The van der Waals surface area contributed by atoms with Crippen LogP contribution < -0.4 is 5.73 Å². The number of carbonyl (C=O) groups excluding carboxylic acids is 1. The average Bonchev–Trinajstić information content (AvgIpc) is 2.53. The third-order valence-corrected chi connectivity index (χ3v) is 2.81. The van der Waals surface area contributed by atoms with Crippen LogP contribution in [0.15, 0.2) is 6.07 Å². The Hall–Kier alpha value is -1.72. The molecular weight excluding hydrogens is 232 g/mol. The highest BCUT2D eigenvalue weighted by molar-refractivity contribution is 5.68. The van der Waals surface area contributed by atoms with Crippen molar-refractivity contribution in [3.8, 4) is 0 Å². The maximum Gasteiger partial charge on any atom is 0.410 e. The zero-order chi connectivity index (χ0) is 13.5. The summed E-state index contributed by atoms with van der Waals surface area (Å²) in [7, 11) is 0. The van der Waals surface area contributed by atoms with E-state index in [0.29, 0.717) is 18.9 Å². The number of hydrogen-bond donors (Lipinski definition) is 1. The fraction of sp³-hybridized carbons (Fsp3) is 0.667. The Balaban J connectivity index is 2.14. The highest BCUT2D eigenvalue weighted by Gasteiger charge is 2.31. The maximum atomic E-state index is 12.1. The largest absolute Gasteiger partial charge is 0.444 e. The van der Waals surface area contributed by atoms with Gasteiger partial charge in [-0.3, -0.25) is 9.58 Å². The molecule has 18 heavy (non-hydrogen) atoms. The van der Waals surface area contributed by atoms with Crippen molar-refractivity contribution in [1.82, 2.24) is 14.7 Å². The summed E-state index contributed by atoms with van der Waals surface area (Å²) >= 11 is 0. The second kappa shape index (κ2) is 4.19.